The highest BCUT2D eigenvalue weighted by Crippen LogP contribution is 2.16. The Morgan fingerprint density at radius 1 is 1.05 bits per heavy atom. The van der Waals surface area contributed by atoms with E-state index in [4.69, 9.17) is 4.74 Å². The van der Waals surface area contributed by atoms with Crippen molar-refractivity contribution in [3.05, 3.63) is 78.1 Å². The molecule has 2 aromatic carbocycles. The molecule has 0 saturated carbocycles. The SMILES string of the molecule is COc1ccc(C(=O)/C=C/c2ccc3cnccc3c2)cc1. The monoisotopic (exact) mass is 289 g/mol. The molecule has 22 heavy (non-hydrogen) atoms. The van der Waals surface area contributed by atoms with Gasteiger partial charge in [0.2, 0.25) is 0 Å². The van der Waals surface area contributed by atoms with Crippen molar-refractivity contribution in [2.24, 2.45) is 0 Å². The lowest BCUT2D eigenvalue weighted by Gasteiger charge is -2.01. The van der Waals surface area contributed by atoms with Gasteiger partial charge in [-0.2, -0.15) is 0 Å². The summed E-state index contributed by atoms with van der Waals surface area (Å²) in [5.74, 6) is 0.709. The van der Waals surface area contributed by atoms with Crippen LogP contribution >= 0.6 is 0 Å². The molecular formula is C19H15NO2. The van der Waals surface area contributed by atoms with Crippen LogP contribution in [0.25, 0.3) is 16.8 Å². The smallest absolute Gasteiger partial charge is 0.185 e. The zero-order valence-electron chi connectivity index (χ0n) is 12.2. The summed E-state index contributed by atoms with van der Waals surface area (Å²) in [5.41, 5.74) is 1.63. The van der Waals surface area contributed by atoms with E-state index in [0.717, 1.165) is 22.1 Å². The third-order valence-corrected chi connectivity index (χ3v) is 3.47. The van der Waals surface area contributed by atoms with Crippen LogP contribution in [0.3, 0.4) is 0 Å². The number of hydrogen-bond donors (Lipinski definition) is 0. The number of ketones is 1. The van der Waals surface area contributed by atoms with E-state index in [1.165, 1.54) is 0 Å². The van der Waals surface area contributed by atoms with E-state index in [-0.39, 0.29) is 5.78 Å². The Hall–Kier alpha value is -2.94. The van der Waals surface area contributed by atoms with E-state index in [0.29, 0.717) is 5.56 Å². The first-order valence-electron chi connectivity index (χ1n) is 6.96. The van der Waals surface area contributed by atoms with Crippen molar-refractivity contribution in [2.75, 3.05) is 7.11 Å². The van der Waals surface area contributed by atoms with Crippen LogP contribution in [0, 0.1) is 0 Å². The zero-order valence-corrected chi connectivity index (χ0v) is 12.2. The Labute approximate surface area is 128 Å². The molecule has 0 bridgehead atoms. The molecule has 1 aromatic heterocycles. The molecule has 108 valence electrons. The predicted molar refractivity (Wildman–Crippen MR) is 88.1 cm³/mol. The predicted octanol–water partition coefficient (Wildman–Crippen LogP) is 4.14. The highest BCUT2D eigenvalue weighted by Gasteiger charge is 2.02. The first-order valence-corrected chi connectivity index (χ1v) is 6.96. The van der Waals surface area contributed by atoms with Crippen molar-refractivity contribution in [3.63, 3.8) is 0 Å². The molecule has 0 amide bonds. The van der Waals surface area contributed by atoms with Crippen LogP contribution in [0.15, 0.2) is 67.0 Å². The highest BCUT2D eigenvalue weighted by molar-refractivity contribution is 6.07. The second-order valence-electron chi connectivity index (χ2n) is 4.91. The fourth-order valence-electron chi connectivity index (χ4n) is 2.23. The molecule has 0 saturated heterocycles. The first kappa shape index (κ1) is 14.0. The molecular weight excluding hydrogens is 274 g/mol. The summed E-state index contributed by atoms with van der Waals surface area (Å²) in [6, 6.07) is 15.1. The van der Waals surface area contributed by atoms with Crippen molar-refractivity contribution < 1.29 is 9.53 Å². The number of carbonyl (C=O) groups is 1. The van der Waals surface area contributed by atoms with E-state index < -0.39 is 0 Å². The zero-order chi connectivity index (χ0) is 15.4. The summed E-state index contributed by atoms with van der Waals surface area (Å²) in [7, 11) is 1.60. The molecule has 1 heterocycles. The van der Waals surface area contributed by atoms with E-state index in [9.17, 15) is 4.79 Å². The van der Waals surface area contributed by atoms with Gasteiger partial charge in [-0.25, -0.2) is 0 Å². The maximum atomic E-state index is 12.1. The molecule has 3 heteroatoms. The Kier molecular flexibility index (Phi) is 3.97. The summed E-state index contributed by atoms with van der Waals surface area (Å²) >= 11 is 0. The van der Waals surface area contributed by atoms with Gasteiger partial charge in [-0.05, 0) is 53.4 Å². The topological polar surface area (TPSA) is 39.2 Å². The van der Waals surface area contributed by atoms with Crippen LogP contribution in [0.5, 0.6) is 5.75 Å². The van der Waals surface area contributed by atoms with Gasteiger partial charge in [0.15, 0.2) is 5.78 Å². The highest BCUT2D eigenvalue weighted by atomic mass is 16.5. The van der Waals surface area contributed by atoms with Crippen LogP contribution in [0.4, 0.5) is 0 Å². The van der Waals surface area contributed by atoms with Crippen molar-refractivity contribution in [3.8, 4) is 5.75 Å². The Morgan fingerprint density at radius 3 is 2.64 bits per heavy atom. The Balaban J connectivity index is 1.80. The average Bonchev–Trinajstić information content (AvgIpc) is 2.59. The number of fused-ring (bicyclic) bond motifs is 1. The number of methoxy groups -OCH3 is 1. The van der Waals surface area contributed by atoms with Gasteiger partial charge in [0.05, 0.1) is 7.11 Å². The lowest BCUT2D eigenvalue weighted by Crippen LogP contribution is -1.94. The number of benzene rings is 2. The quantitative estimate of drug-likeness (QED) is 0.535. The van der Waals surface area contributed by atoms with Gasteiger partial charge < -0.3 is 4.74 Å². The Morgan fingerprint density at radius 2 is 1.86 bits per heavy atom. The van der Waals surface area contributed by atoms with E-state index in [2.05, 4.69) is 4.98 Å². The molecule has 0 aliphatic rings. The minimum absolute atomic E-state index is 0.0301. The molecule has 3 nitrogen and oxygen atoms in total. The average molecular weight is 289 g/mol. The van der Waals surface area contributed by atoms with Crippen molar-refractivity contribution in [1.82, 2.24) is 4.98 Å². The summed E-state index contributed by atoms with van der Waals surface area (Å²) in [4.78, 5) is 16.2. The molecule has 0 aliphatic carbocycles. The molecule has 0 radical (unpaired) electrons. The van der Waals surface area contributed by atoms with Crippen LogP contribution < -0.4 is 4.74 Å². The minimum atomic E-state index is -0.0301. The van der Waals surface area contributed by atoms with Crippen LogP contribution in [-0.4, -0.2) is 17.9 Å². The van der Waals surface area contributed by atoms with Gasteiger partial charge >= 0.3 is 0 Å². The summed E-state index contributed by atoms with van der Waals surface area (Å²) in [6.45, 7) is 0. The third kappa shape index (κ3) is 3.04. The molecule has 0 fully saturated rings. The van der Waals surface area contributed by atoms with Crippen molar-refractivity contribution in [1.29, 1.82) is 0 Å². The molecule has 0 N–H and O–H groups in total. The molecule has 0 spiro atoms. The first-order chi connectivity index (χ1) is 10.8. The normalized spacial score (nSPS) is 11.0. The standard InChI is InChI=1S/C19H15NO2/c1-22-18-7-5-15(6-8-18)19(21)9-3-14-2-4-17-13-20-11-10-16(17)12-14/h2-13H,1H3/b9-3+. The van der Waals surface area contributed by atoms with E-state index in [1.54, 1.807) is 43.6 Å². The largest absolute Gasteiger partial charge is 0.497 e. The number of allylic oxidation sites excluding steroid dienone is 1. The fourth-order valence-corrected chi connectivity index (χ4v) is 2.23. The van der Waals surface area contributed by atoms with Gasteiger partial charge in [0.25, 0.3) is 0 Å². The number of pyridine rings is 1. The van der Waals surface area contributed by atoms with E-state index in [1.807, 2.05) is 36.5 Å². The van der Waals surface area contributed by atoms with Crippen molar-refractivity contribution >= 4 is 22.6 Å². The lowest BCUT2D eigenvalue weighted by molar-refractivity contribution is 0.104. The number of nitrogens with zero attached hydrogens (tertiary/aromatic N) is 1. The van der Waals surface area contributed by atoms with Crippen molar-refractivity contribution in [2.45, 2.75) is 0 Å². The maximum absolute atomic E-state index is 12.1. The fraction of sp³-hybridized carbons (Fsp3) is 0.0526. The molecule has 0 atom stereocenters. The van der Waals surface area contributed by atoms with Gasteiger partial charge in [0.1, 0.15) is 5.75 Å². The molecule has 0 unspecified atom stereocenters. The molecule has 0 aliphatic heterocycles. The van der Waals surface area contributed by atoms with Gasteiger partial charge in [0, 0.05) is 23.3 Å². The summed E-state index contributed by atoms with van der Waals surface area (Å²) in [5, 5.41) is 2.19. The number of ether oxygens (including phenoxy) is 1. The maximum Gasteiger partial charge on any atom is 0.185 e. The van der Waals surface area contributed by atoms with Gasteiger partial charge in [-0.15, -0.1) is 0 Å². The lowest BCUT2D eigenvalue weighted by atomic mass is 10.1. The number of carbonyl (C=O) groups excluding carboxylic acids is 1. The second kappa shape index (κ2) is 6.22. The number of aromatic nitrogens is 1. The van der Waals surface area contributed by atoms with Gasteiger partial charge in [-0.3, -0.25) is 9.78 Å². The van der Waals surface area contributed by atoms with Gasteiger partial charge in [-0.1, -0.05) is 18.2 Å². The summed E-state index contributed by atoms with van der Waals surface area (Å²) < 4.78 is 5.08. The Bertz CT molecular complexity index is 835. The second-order valence-corrected chi connectivity index (χ2v) is 4.91. The minimum Gasteiger partial charge on any atom is -0.497 e. The molecule has 3 aromatic rings. The number of rotatable bonds is 4. The van der Waals surface area contributed by atoms with Crippen LogP contribution in [0.1, 0.15) is 15.9 Å². The van der Waals surface area contributed by atoms with Crippen LogP contribution in [0.2, 0.25) is 0 Å². The third-order valence-electron chi connectivity index (χ3n) is 3.47. The number of hydrogen-bond acceptors (Lipinski definition) is 3. The summed E-state index contributed by atoms with van der Waals surface area (Å²) in [6.07, 6.45) is 7.00. The molecule has 3 rings (SSSR count). The van der Waals surface area contributed by atoms with Crippen LogP contribution in [-0.2, 0) is 0 Å². The van der Waals surface area contributed by atoms with E-state index >= 15 is 0 Å².